The third-order valence-electron chi connectivity index (χ3n) is 5.98. The molecule has 1 aliphatic rings. The van der Waals surface area contributed by atoms with Crippen molar-refractivity contribution in [2.24, 2.45) is 0 Å². The summed E-state index contributed by atoms with van der Waals surface area (Å²) in [6.07, 6.45) is 0.711. The summed E-state index contributed by atoms with van der Waals surface area (Å²) in [6.45, 7) is 1.02. The molecule has 0 spiro atoms. The van der Waals surface area contributed by atoms with E-state index in [0.29, 0.717) is 30.8 Å². The molecule has 8 nitrogen and oxygen atoms in total. The molecule has 0 unspecified atom stereocenters. The van der Waals surface area contributed by atoms with Crippen molar-refractivity contribution in [1.29, 1.82) is 0 Å². The van der Waals surface area contributed by atoms with E-state index < -0.39 is 10.8 Å². The lowest BCUT2D eigenvalue weighted by molar-refractivity contribution is -0.384. The fourth-order valence-corrected chi connectivity index (χ4v) is 4.54. The maximum atomic E-state index is 13.5. The molecule has 2 N–H and O–H groups in total. The van der Waals surface area contributed by atoms with E-state index in [0.717, 1.165) is 28.2 Å². The molecular formula is C25H19ClN4O4. The molecule has 0 aliphatic carbocycles. The number of rotatable bonds is 4. The van der Waals surface area contributed by atoms with Gasteiger partial charge in [0.2, 0.25) is 0 Å². The van der Waals surface area contributed by atoms with Crippen LogP contribution >= 0.6 is 11.6 Å². The van der Waals surface area contributed by atoms with Crippen molar-refractivity contribution in [1.82, 2.24) is 9.88 Å². The number of hydrogen-bond acceptors (Lipinski definition) is 4. The minimum atomic E-state index is -0.584. The zero-order chi connectivity index (χ0) is 23.8. The Morgan fingerprint density at radius 3 is 2.59 bits per heavy atom. The maximum absolute atomic E-state index is 13.5. The van der Waals surface area contributed by atoms with E-state index in [9.17, 15) is 19.7 Å². The van der Waals surface area contributed by atoms with Gasteiger partial charge >= 0.3 is 0 Å². The van der Waals surface area contributed by atoms with Crippen LogP contribution in [0.4, 0.5) is 11.4 Å². The highest BCUT2D eigenvalue weighted by Crippen LogP contribution is 2.30. The second-order valence-corrected chi connectivity index (χ2v) is 8.43. The average Bonchev–Trinajstić information content (AvgIpc) is 3.21. The highest BCUT2D eigenvalue weighted by molar-refractivity contribution is 6.34. The van der Waals surface area contributed by atoms with Crippen molar-refractivity contribution in [3.63, 3.8) is 0 Å². The maximum Gasteiger partial charge on any atom is 0.270 e. The molecule has 9 heteroatoms. The normalized spacial score (nSPS) is 12.9. The van der Waals surface area contributed by atoms with Crippen LogP contribution in [0.2, 0.25) is 5.02 Å². The van der Waals surface area contributed by atoms with Crippen molar-refractivity contribution >= 4 is 45.7 Å². The van der Waals surface area contributed by atoms with Gasteiger partial charge in [-0.05, 0) is 24.3 Å². The first-order valence-corrected chi connectivity index (χ1v) is 11.0. The Morgan fingerprint density at radius 2 is 1.79 bits per heavy atom. The summed E-state index contributed by atoms with van der Waals surface area (Å²) >= 11 is 6.10. The number of non-ortho nitro benzene ring substituents is 1. The van der Waals surface area contributed by atoms with Crippen molar-refractivity contribution in [3.05, 3.63) is 104 Å². The van der Waals surface area contributed by atoms with E-state index >= 15 is 0 Å². The molecule has 34 heavy (non-hydrogen) atoms. The molecule has 0 radical (unpaired) electrons. The van der Waals surface area contributed by atoms with Crippen LogP contribution in [-0.2, 0) is 13.0 Å². The van der Waals surface area contributed by atoms with Gasteiger partial charge in [0, 0.05) is 53.8 Å². The highest BCUT2D eigenvalue weighted by atomic mass is 35.5. The SMILES string of the molecule is O=C(Nc1ccccc1C(=O)N1CCc2[nH]c3ccccc3c2C1)c1ccc([N+](=O)[O-])cc1Cl. The number of nitrogens with zero attached hydrogens (tertiary/aromatic N) is 2. The number of H-pyrrole nitrogens is 1. The van der Waals surface area contributed by atoms with E-state index in [2.05, 4.69) is 10.3 Å². The largest absolute Gasteiger partial charge is 0.358 e. The van der Waals surface area contributed by atoms with E-state index in [4.69, 9.17) is 11.6 Å². The topological polar surface area (TPSA) is 108 Å². The van der Waals surface area contributed by atoms with Crippen LogP contribution in [0.3, 0.4) is 0 Å². The molecule has 1 aliphatic heterocycles. The number of para-hydroxylation sites is 2. The van der Waals surface area contributed by atoms with Gasteiger partial charge in [-0.3, -0.25) is 19.7 Å². The van der Waals surface area contributed by atoms with Crippen molar-refractivity contribution in [2.45, 2.75) is 13.0 Å². The third kappa shape index (κ3) is 3.88. The smallest absolute Gasteiger partial charge is 0.270 e. The van der Waals surface area contributed by atoms with Gasteiger partial charge in [0.25, 0.3) is 17.5 Å². The number of anilines is 1. The molecule has 1 aromatic heterocycles. The predicted molar refractivity (Wildman–Crippen MR) is 129 cm³/mol. The molecule has 3 aromatic carbocycles. The van der Waals surface area contributed by atoms with E-state index in [1.807, 2.05) is 24.3 Å². The molecule has 5 rings (SSSR count). The van der Waals surface area contributed by atoms with Crippen LogP contribution in [0, 0.1) is 10.1 Å². The Bertz CT molecular complexity index is 1460. The molecule has 170 valence electrons. The first kappa shape index (κ1) is 21.7. The van der Waals surface area contributed by atoms with Gasteiger partial charge in [0.05, 0.1) is 26.8 Å². The number of benzene rings is 3. The Hall–Kier alpha value is -4.17. The number of aromatic amines is 1. The summed E-state index contributed by atoms with van der Waals surface area (Å²) in [5, 5.41) is 14.7. The lowest BCUT2D eigenvalue weighted by Gasteiger charge is -2.28. The fraction of sp³-hybridized carbons (Fsp3) is 0.120. The van der Waals surface area contributed by atoms with E-state index in [1.165, 1.54) is 12.1 Å². The van der Waals surface area contributed by atoms with Gasteiger partial charge in [0.15, 0.2) is 0 Å². The summed E-state index contributed by atoms with van der Waals surface area (Å²) in [7, 11) is 0. The van der Waals surface area contributed by atoms with Crippen LogP contribution in [0.25, 0.3) is 10.9 Å². The monoisotopic (exact) mass is 474 g/mol. The molecule has 4 aromatic rings. The molecule has 0 saturated heterocycles. The van der Waals surface area contributed by atoms with E-state index in [-0.39, 0.29) is 22.2 Å². The van der Waals surface area contributed by atoms with Crippen LogP contribution in [0.15, 0.2) is 66.7 Å². The Kier molecular flexibility index (Phi) is 5.51. The van der Waals surface area contributed by atoms with Crippen LogP contribution in [0.1, 0.15) is 32.0 Å². The van der Waals surface area contributed by atoms with Gasteiger partial charge in [-0.1, -0.05) is 41.9 Å². The zero-order valence-electron chi connectivity index (χ0n) is 17.9. The number of nitrogens with one attached hydrogen (secondary N) is 2. The number of amides is 2. The van der Waals surface area contributed by atoms with E-state index in [1.54, 1.807) is 29.2 Å². The number of nitro groups is 1. The summed E-state index contributed by atoms with van der Waals surface area (Å²) in [6, 6.07) is 18.4. The second-order valence-electron chi connectivity index (χ2n) is 8.03. The Morgan fingerprint density at radius 1 is 1.03 bits per heavy atom. The fourth-order valence-electron chi connectivity index (χ4n) is 4.28. The first-order valence-electron chi connectivity index (χ1n) is 10.6. The van der Waals surface area contributed by atoms with Gasteiger partial charge in [0.1, 0.15) is 0 Å². The highest BCUT2D eigenvalue weighted by Gasteiger charge is 2.26. The van der Waals surface area contributed by atoms with Crippen molar-refractivity contribution < 1.29 is 14.5 Å². The molecule has 0 bridgehead atoms. The third-order valence-corrected chi connectivity index (χ3v) is 6.30. The molecule has 2 amide bonds. The summed E-state index contributed by atoms with van der Waals surface area (Å²) in [5.74, 6) is -0.751. The van der Waals surface area contributed by atoms with Crippen LogP contribution in [-0.4, -0.2) is 33.2 Å². The minimum absolute atomic E-state index is 0.0431. The Balaban J connectivity index is 1.39. The van der Waals surface area contributed by atoms with Gasteiger partial charge in [-0.25, -0.2) is 0 Å². The Labute approximate surface area is 199 Å². The second kappa shape index (κ2) is 8.64. The molecule has 0 saturated carbocycles. The lowest BCUT2D eigenvalue weighted by Crippen LogP contribution is -2.36. The lowest BCUT2D eigenvalue weighted by atomic mass is 10.0. The quantitative estimate of drug-likeness (QED) is 0.313. The molecule has 2 heterocycles. The number of fused-ring (bicyclic) bond motifs is 3. The molecule has 0 atom stereocenters. The van der Waals surface area contributed by atoms with Crippen molar-refractivity contribution in [2.75, 3.05) is 11.9 Å². The van der Waals surface area contributed by atoms with Crippen molar-refractivity contribution in [3.8, 4) is 0 Å². The van der Waals surface area contributed by atoms with Gasteiger partial charge < -0.3 is 15.2 Å². The minimum Gasteiger partial charge on any atom is -0.358 e. The number of hydrogen-bond donors (Lipinski definition) is 2. The number of aromatic nitrogens is 1. The number of carbonyl (C=O) groups is 2. The summed E-state index contributed by atoms with van der Waals surface area (Å²) in [4.78, 5) is 41.9. The van der Waals surface area contributed by atoms with Gasteiger partial charge in [-0.15, -0.1) is 0 Å². The van der Waals surface area contributed by atoms with Crippen LogP contribution < -0.4 is 5.32 Å². The standard InChI is InChI=1S/C25H19ClN4O4/c26-20-13-15(30(33)34)9-10-17(20)24(31)28-22-8-4-2-6-18(22)25(32)29-12-11-23-19(14-29)16-5-1-3-7-21(16)27-23/h1-10,13,27H,11-12,14H2,(H,28,31). The van der Waals surface area contributed by atoms with Crippen LogP contribution in [0.5, 0.6) is 0 Å². The molecule has 0 fully saturated rings. The predicted octanol–water partition coefficient (Wildman–Crippen LogP) is 5.18. The first-order chi connectivity index (χ1) is 16.4. The molecular weight excluding hydrogens is 456 g/mol. The van der Waals surface area contributed by atoms with Gasteiger partial charge in [-0.2, -0.15) is 0 Å². The number of carbonyl (C=O) groups excluding carboxylic acids is 2. The summed E-state index contributed by atoms with van der Waals surface area (Å²) < 4.78 is 0. The zero-order valence-corrected chi connectivity index (χ0v) is 18.6. The average molecular weight is 475 g/mol. The number of nitro benzene ring substituents is 1. The summed E-state index contributed by atoms with van der Waals surface area (Å²) in [5.41, 5.74) is 3.87. The number of halogens is 1.